The minimum atomic E-state index is -1.11. The maximum absolute atomic E-state index is 14.8. The van der Waals surface area contributed by atoms with Gasteiger partial charge in [0.15, 0.2) is 0 Å². The van der Waals surface area contributed by atoms with Crippen molar-refractivity contribution >= 4 is 46.9 Å². The average molecular weight is 1160 g/mol. The second-order valence-electron chi connectivity index (χ2n) is 25.4. The monoisotopic (exact) mass is 1160 g/mol. The maximum Gasteiger partial charge on any atom is 0.306 e. The predicted octanol–water partition coefficient (Wildman–Crippen LogP) is 10.7. The van der Waals surface area contributed by atoms with Crippen molar-refractivity contribution in [2.45, 2.75) is 194 Å². The van der Waals surface area contributed by atoms with Crippen molar-refractivity contribution in [1.82, 2.24) is 20.4 Å². The third-order valence-corrected chi connectivity index (χ3v) is 18.7. The zero-order chi connectivity index (χ0) is 61.3. The summed E-state index contributed by atoms with van der Waals surface area (Å²) < 4.78 is 18.2. The first-order chi connectivity index (χ1) is 40.1. The molecule has 2 fully saturated rings. The number of carbonyl (C=O) groups is 8. The van der Waals surface area contributed by atoms with Crippen LogP contribution < -0.4 is 10.6 Å². The molecule has 84 heavy (non-hydrogen) atoms. The summed E-state index contributed by atoms with van der Waals surface area (Å²) in [6.45, 7) is 16.1. The Morgan fingerprint density at radius 3 is 2.06 bits per heavy atom. The van der Waals surface area contributed by atoms with Crippen LogP contribution in [0.4, 0.5) is 0 Å². The summed E-state index contributed by atoms with van der Waals surface area (Å²) >= 11 is 0. The molecule has 15 heteroatoms. The third-order valence-electron chi connectivity index (χ3n) is 18.7. The van der Waals surface area contributed by atoms with Crippen LogP contribution in [0.3, 0.4) is 0 Å². The van der Waals surface area contributed by atoms with E-state index in [9.17, 15) is 38.4 Å². The fraction of sp³-hybridized carbons (Fsp3) is 0.623. The van der Waals surface area contributed by atoms with E-state index in [1.54, 1.807) is 44.9 Å². The Kier molecular flexibility index (Phi) is 25.5. The van der Waals surface area contributed by atoms with Crippen molar-refractivity contribution in [2.75, 3.05) is 41.0 Å². The molecule has 1 aliphatic carbocycles. The number of amides is 4. The molecule has 3 aliphatic rings. The van der Waals surface area contributed by atoms with Gasteiger partial charge in [0.1, 0.15) is 24.0 Å². The highest BCUT2D eigenvalue weighted by molar-refractivity contribution is 5.93. The number of fused-ring (bicyclic) bond motifs is 3. The van der Waals surface area contributed by atoms with Crippen LogP contribution in [-0.4, -0.2) is 128 Å². The van der Waals surface area contributed by atoms with Gasteiger partial charge in [0, 0.05) is 102 Å². The van der Waals surface area contributed by atoms with Gasteiger partial charge >= 0.3 is 5.97 Å². The van der Waals surface area contributed by atoms with Gasteiger partial charge in [-0.2, -0.15) is 0 Å². The minimum absolute atomic E-state index is 0.0348. The van der Waals surface area contributed by atoms with Crippen molar-refractivity contribution in [3.05, 3.63) is 95.6 Å². The Balaban J connectivity index is 1.03. The first-order valence-electron chi connectivity index (χ1n) is 31.2. The fourth-order valence-corrected chi connectivity index (χ4v) is 13.3. The highest BCUT2D eigenvalue weighted by atomic mass is 16.5. The molecule has 0 aromatic heterocycles. The standard InChI is InChI=1S/C69H98N4O11/c1-12-45(4)65(72(9)68(81)56(44(2)3)40-61(76)69(7,8)42-64(79)84-43-57-54-32-21-19-30-52(54)53-31-20-22-33-55(53)57)60(82-10)41-63(78)73-36-24-34-58(73)66(83-11)46(5)59(75)38-50(37-48-25-15-13-16-26-48)67(80)70-35-23-29-51(74)28-18-14-17-27-49-39-62(77)71-47(49)6/h13,15-16,19-22,25-26,30-33,44-47,49-50,56-58,60,65-66H,12,14,17-18,23-24,27-29,34-43H2,1-11H3,(H,70,80)(H,71,77)/t45-,46-,47+,49+,50+,56-,58-,60+,65-,66+/m0/s1. The molecule has 10 atom stereocenters. The van der Waals surface area contributed by atoms with E-state index in [0.29, 0.717) is 70.4 Å². The van der Waals surface area contributed by atoms with Gasteiger partial charge in [-0.3, -0.25) is 38.4 Å². The summed E-state index contributed by atoms with van der Waals surface area (Å²) in [4.78, 5) is 113. The van der Waals surface area contributed by atoms with E-state index in [0.717, 1.165) is 53.5 Å². The number of carbonyl (C=O) groups excluding carboxylic acids is 8. The van der Waals surface area contributed by atoms with Crippen molar-refractivity contribution < 1.29 is 52.6 Å². The summed E-state index contributed by atoms with van der Waals surface area (Å²) in [7, 11) is 4.83. The van der Waals surface area contributed by atoms with Crippen LogP contribution in [0.2, 0.25) is 0 Å². The van der Waals surface area contributed by atoms with Crippen LogP contribution in [0.5, 0.6) is 0 Å². The third kappa shape index (κ3) is 17.8. The molecule has 15 nitrogen and oxygen atoms in total. The SMILES string of the molecule is CC[C@H](C)[C@@H]([C@@H](CC(=O)N1CCC[C@H]1[C@H](OC)[C@@H](C)C(=O)C[C@@H](Cc1ccccc1)C(=O)NCCCC(=O)CCCCC[C@@H]1CC(=O)N[C@@H]1C)OC)N(C)C(=O)[C@@H](CC(=O)C(C)(C)CC(=O)OCC1c2ccccc2-c2ccccc21)C(C)C. The van der Waals surface area contributed by atoms with Crippen LogP contribution >= 0.6 is 0 Å². The molecule has 2 N–H and O–H groups in total. The number of nitrogens with zero attached hydrogens (tertiary/aromatic N) is 2. The summed E-state index contributed by atoms with van der Waals surface area (Å²) in [5, 5.41) is 5.99. The number of ketones is 3. The quantitative estimate of drug-likeness (QED) is 0.0420. The zero-order valence-corrected chi connectivity index (χ0v) is 52.3. The van der Waals surface area contributed by atoms with Crippen LogP contribution in [0.15, 0.2) is 78.9 Å². The lowest BCUT2D eigenvalue weighted by Crippen LogP contribution is -2.54. The number of nitrogens with one attached hydrogen (secondary N) is 2. The molecule has 3 aromatic rings. The molecule has 3 aromatic carbocycles. The zero-order valence-electron chi connectivity index (χ0n) is 52.3. The summed E-state index contributed by atoms with van der Waals surface area (Å²) in [6.07, 6.45) is 6.31. The number of ether oxygens (including phenoxy) is 3. The van der Waals surface area contributed by atoms with E-state index in [-0.39, 0.29) is 97.1 Å². The number of hydrogen-bond donors (Lipinski definition) is 2. The van der Waals surface area contributed by atoms with Gasteiger partial charge in [-0.05, 0) is 91.0 Å². The number of unbranched alkanes of at least 4 members (excludes halogenated alkanes) is 2. The smallest absolute Gasteiger partial charge is 0.306 e. The Morgan fingerprint density at radius 2 is 1.45 bits per heavy atom. The van der Waals surface area contributed by atoms with Gasteiger partial charge in [-0.1, -0.05) is 147 Å². The van der Waals surface area contributed by atoms with Gasteiger partial charge in [-0.15, -0.1) is 0 Å². The number of likely N-dealkylation sites (tertiary alicyclic amines) is 1. The molecule has 460 valence electrons. The average Bonchev–Trinajstić information content (AvgIpc) is 2.51. The fourth-order valence-electron chi connectivity index (χ4n) is 13.3. The molecule has 0 unspecified atom stereocenters. The first-order valence-corrected chi connectivity index (χ1v) is 31.2. The highest BCUT2D eigenvalue weighted by Gasteiger charge is 2.44. The highest BCUT2D eigenvalue weighted by Crippen LogP contribution is 2.45. The number of likely N-dealkylation sites (N-methyl/N-ethyl adjacent to an activating group) is 1. The Bertz CT molecular complexity index is 2660. The van der Waals surface area contributed by atoms with Crippen molar-refractivity contribution in [3.63, 3.8) is 0 Å². The summed E-state index contributed by atoms with van der Waals surface area (Å²) in [5.74, 6) is -3.36. The second-order valence-corrected chi connectivity index (χ2v) is 25.4. The second kappa shape index (κ2) is 31.9. The Hall–Kier alpha value is -6.06. The van der Waals surface area contributed by atoms with Crippen LogP contribution in [0.25, 0.3) is 11.1 Å². The molecule has 0 radical (unpaired) electrons. The normalized spacial score (nSPS) is 19.3. The van der Waals surface area contributed by atoms with E-state index >= 15 is 0 Å². The van der Waals surface area contributed by atoms with Crippen molar-refractivity contribution in [2.24, 2.45) is 40.9 Å². The Morgan fingerprint density at radius 1 is 0.810 bits per heavy atom. The van der Waals surface area contributed by atoms with Gasteiger partial charge in [0.25, 0.3) is 0 Å². The van der Waals surface area contributed by atoms with Gasteiger partial charge in [-0.25, -0.2) is 0 Å². The predicted molar refractivity (Wildman–Crippen MR) is 326 cm³/mol. The van der Waals surface area contributed by atoms with E-state index < -0.39 is 53.4 Å². The number of benzene rings is 3. The number of Topliss-reactive ketones (excluding diaryl/α,β-unsaturated/α-hetero) is 3. The van der Waals surface area contributed by atoms with Crippen molar-refractivity contribution in [1.29, 1.82) is 0 Å². The molecule has 6 rings (SSSR count). The minimum Gasteiger partial charge on any atom is -0.465 e. The van der Waals surface area contributed by atoms with Gasteiger partial charge in [0.2, 0.25) is 23.6 Å². The molecule has 2 saturated heterocycles. The molecule has 4 amide bonds. The summed E-state index contributed by atoms with van der Waals surface area (Å²) in [6, 6.07) is 25.1. The van der Waals surface area contributed by atoms with Gasteiger partial charge in [0.05, 0.1) is 37.1 Å². The van der Waals surface area contributed by atoms with Gasteiger partial charge < -0.3 is 34.6 Å². The first kappa shape index (κ1) is 67.1. The largest absolute Gasteiger partial charge is 0.465 e. The molecule has 2 aliphatic heterocycles. The van der Waals surface area contributed by atoms with Crippen LogP contribution in [0, 0.1) is 40.9 Å². The Labute approximate surface area is 500 Å². The number of rotatable bonds is 35. The topological polar surface area (TPSA) is 195 Å². The molecular weight excluding hydrogens is 1060 g/mol. The lowest BCUT2D eigenvalue weighted by atomic mass is 9.77. The lowest BCUT2D eigenvalue weighted by molar-refractivity contribution is -0.151. The maximum atomic E-state index is 14.8. The lowest BCUT2D eigenvalue weighted by Gasteiger charge is -2.41. The number of esters is 1. The summed E-state index contributed by atoms with van der Waals surface area (Å²) in [5.41, 5.74) is 4.27. The van der Waals surface area contributed by atoms with Crippen LogP contribution in [-0.2, 0) is 59.0 Å². The van der Waals surface area contributed by atoms with E-state index in [1.807, 2.05) is 96.1 Å². The number of hydrogen-bond acceptors (Lipinski definition) is 11. The molecule has 0 bridgehead atoms. The molecule has 0 saturated carbocycles. The van der Waals surface area contributed by atoms with E-state index in [2.05, 4.69) is 34.9 Å². The molecule has 2 heterocycles. The molecular formula is C69H98N4O11. The van der Waals surface area contributed by atoms with E-state index in [1.165, 1.54) is 0 Å². The van der Waals surface area contributed by atoms with E-state index in [4.69, 9.17) is 14.2 Å². The van der Waals surface area contributed by atoms with Crippen molar-refractivity contribution in [3.8, 4) is 11.1 Å². The number of methoxy groups -OCH3 is 2. The molecule has 0 spiro atoms. The van der Waals surface area contributed by atoms with Crippen LogP contribution in [0.1, 0.15) is 174 Å².